The van der Waals surface area contributed by atoms with Crippen molar-refractivity contribution in [2.75, 3.05) is 45.9 Å². The molecule has 7 heteroatoms. The molecule has 0 bridgehead atoms. The van der Waals surface area contributed by atoms with Gasteiger partial charge >= 0.3 is 6.01 Å². The number of nitrogens with zero attached hydrogens (tertiary/aromatic N) is 3. The standard InChI is InChI=1S/C18H23N3O4/c1-12-9-17(20-18(19-12)24-4)21-7-8-25-16(11-21)13-5-6-14(22-2)15(10-13)23-3/h5-6,9-10,16H,7-8,11H2,1-4H3. The summed E-state index contributed by atoms with van der Waals surface area (Å²) >= 11 is 0. The van der Waals surface area contributed by atoms with Gasteiger partial charge in [0.1, 0.15) is 11.9 Å². The first-order valence-electron chi connectivity index (χ1n) is 8.12. The molecule has 1 aliphatic rings. The Hall–Kier alpha value is -2.54. The summed E-state index contributed by atoms with van der Waals surface area (Å²) < 4.78 is 21.8. The van der Waals surface area contributed by atoms with Gasteiger partial charge in [-0.05, 0) is 24.6 Å². The molecule has 1 saturated heterocycles. The van der Waals surface area contributed by atoms with E-state index in [9.17, 15) is 0 Å². The number of morpholine rings is 1. The van der Waals surface area contributed by atoms with Gasteiger partial charge in [-0.25, -0.2) is 4.98 Å². The normalized spacial score (nSPS) is 17.3. The average Bonchev–Trinajstić information content (AvgIpc) is 2.67. The van der Waals surface area contributed by atoms with Crippen LogP contribution in [0.15, 0.2) is 24.3 Å². The number of methoxy groups -OCH3 is 3. The van der Waals surface area contributed by atoms with Crippen molar-refractivity contribution < 1.29 is 18.9 Å². The molecule has 7 nitrogen and oxygen atoms in total. The minimum absolute atomic E-state index is 0.0742. The first-order valence-corrected chi connectivity index (χ1v) is 8.12. The highest BCUT2D eigenvalue weighted by molar-refractivity contribution is 5.45. The second-order valence-corrected chi connectivity index (χ2v) is 5.77. The average molecular weight is 345 g/mol. The molecular weight excluding hydrogens is 322 g/mol. The Kier molecular flexibility index (Phi) is 5.23. The molecule has 1 aliphatic heterocycles. The van der Waals surface area contributed by atoms with Crippen molar-refractivity contribution in [1.29, 1.82) is 0 Å². The monoisotopic (exact) mass is 345 g/mol. The van der Waals surface area contributed by atoms with Crippen molar-refractivity contribution in [3.63, 3.8) is 0 Å². The lowest BCUT2D eigenvalue weighted by atomic mass is 10.1. The van der Waals surface area contributed by atoms with Crippen LogP contribution in [0.5, 0.6) is 17.5 Å². The van der Waals surface area contributed by atoms with E-state index >= 15 is 0 Å². The number of rotatable bonds is 5. The van der Waals surface area contributed by atoms with Crippen LogP contribution in [0, 0.1) is 6.92 Å². The summed E-state index contributed by atoms with van der Waals surface area (Å²) in [5.41, 5.74) is 1.91. The molecule has 0 radical (unpaired) electrons. The predicted octanol–water partition coefficient (Wildman–Crippen LogP) is 2.39. The van der Waals surface area contributed by atoms with E-state index in [1.807, 2.05) is 31.2 Å². The number of benzene rings is 1. The molecule has 3 rings (SSSR count). The van der Waals surface area contributed by atoms with Gasteiger partial charge in [-0.15, -0.1) is 0 Å². The summed E-state index contributed by atoms with van der Waals surface area (Å²) in [7, 11) is 4.83. The Morgan fingerprint density at radius 2 is 1.84 bits per heavy atom. The zero-order valence-corrected chi connectivity index (χ0v) is 15.0. The molecule has 1 unspecified atom stereocenters. The number of aryl methyl sites for hydroxylation is 1. The quantitative estimate of drug-likeness (QED) is 0.824. The van der Waals surface area contributed by atoms with Crippen LogP contribution in [0.4, 0.5) is 5.82 Å². The molecule has 0 amide bonds. The van der Waals surface area contributed by atoms with Crippen molar-refractivity contribution in [3.05, 3.63) is 35.5 Å². The zero-order chi connectivity index (χ0) is 17.8. The van der Waals surface area contributed by atoms with Gasteiger partial charge in [0.15, 0.2) is 11.5 Å². The van der Waals surface area contributed by atoms with Gasteiger partial charge in [-0.3, -0.25) is 0 Å². The Morgan fingerprint density at radius 3 is 2.56 bits per heavy atom. The van der Waals surface area contributed by atoms with Crippen LogP contribution < -0.4 is 19.1 Å². The molecule has 0 saturated carbocycles. The molecule has 1 fully saturated rings. The second kappa shape index (κ2) is 7.57. The van der Waals surface area contributed by atoms with Crippen molar-refractivity contribution >= 4 is 5.82 Å². The smallest absolute Gasteiger partial charge is 0.318 e. The fraction of sp³-hybridized carbons (Fsp3) is 0.444. The maximum atomic E-state index is 5.96. The Bertz CT molecular complexity index is 738. The summed E-state index contributed by atoms with van der Waals surface area (Å²) in [6, 6.07) is 8.19. The Labute approximate surface area is 147 Å². The van der Waals surface area contributed by atoms with Gasteiger partial charge in [-0.1, -0.05) is 6.07 Å². The summed E-state index contributed by atoms with van der Waals surface area (Å²) in [6.07, 6.45) is -0.0742. The SMILES string of the molecule is COc1nc(C)cc(N2CCOC(c3ccc(OC)c(OC)c3)C2)n1. The van der Waals surface area contributed by atoms with E-state index in [0.29, 0.717) is 30.7 Å². The molecule has 1 atom stereocenters. The van der Waals surface area contributed by atoms with Crippen molar-refractivity contribution in [3.8, 4) is 17.5 Å². The number of hydrogen-bond acceptors (Lipinski definition) is 7. The van der Waals surface area contributed by atoms with Crippen LogP contribution in [0.2, 0.25) is 0 Å². The van der Waals surface area contributed by atoms with Gasteiger partial charge in [0, 0.05) is 24.8 Å². The van der Waals surface area contributed by atoms with E-state index in [2.05, 4.69) is 14.9 Å². The van der Waals surface area contributed by atoms with E-state index in [4.69, 9.17) is 18.9 Å². The third-order valence-electron chi connectivity index (χ3n) is 4.17. The van der Waals surface area contributed by atoms with Gasteiger partial charge in [0.25, 0.3) is 0 Å². The fourth-order valence-corrected chi connectivity index (χ4v) is 2.89. The predicted molar refractivity (Wildman–Crippen MR) is 93.8 cm³/mol. The highest BCUT2D eigenvalue weighted by Gasteiger charge is 2.24. The molecule has 25 heavy (non-hydrogen) atoms. The number of aromatic nitrogens is 2. The lowest BCUT2D eigenvalue weighted by Gasteiger charge is -2.34. The van der Waals surface area contributed by atoms with Crippen LogP contribution in [0.1, 0.15) is 17.4 Å². The summed E-state index contributed by atoms with van der Waals surface area (Å²) in [6.45, 7) is 4.00. The third-order valence-corrected chi connectivity index (χ3v) is 4.17. The topological polar surface area (TPSA) is 65.9 Å². The lowest BCUT2D eigenvalue weighted by Crippen LogP contribution is -2.39. The Morgan fingerprint density at radius 1 is 1.04 bits per heavy atom. The van der Waals surface area contributed by atoms with Gasteiger partial charge in [0.2, 0.25) is 0 Å². The first kappa shape index (κ1) is 17.3. The summed E-state index contributed by atoms with van der Waals surface area (Å²) in [5.74, 6) is 2.24. The number of anilines is 1. The second-order valence-electron chi connectivity index (χ2n) is 5.77. The number of hydrogen-bond donors (Lipinski definition) is 0. The molecule has 0 N–H and O–H groups in total. The van der Waals surface area contributed by atoms with Gasteiger partial charge in [0.05, 0.1) is 27.9 Å². The third kappa shape index (κ3) is 3.76. The van der Waals surface area contributed by atoms with E-state index in [-0.39, 0.29) is 6.10 Å². The minimum atomic E-state index is -0.0742. The Balaban J connectivity index is 1.83. The van der Waals surface area contributed by atoms with E-state index in [1.165, 1.54) is 0 Å². The summed E-state index contributed by atoms with van der Waals surface area (Å²) in [5, 5.41) is 0. The van der Waals surface area contributed by atoms with Crippen LogP contribution in [-0.4, -0.2) is 51.0 Å². The maximum Gasteiger partial charge on any atom is 0.318 e. The van der Waals surface area contributed by atoms with Crippen LogP contribution in [0.3, 0.4) is 0 Å². The molecule has 1 aromatic heterocycles. The molecular formula is C18H23N3O4. The van der Waals surface area contributed by atoms with Crippen molar-refractivity contribution in [2.24, 2.45) is 0 Å². The molecule has 0 spiro atoms. The van der Waals surface area contributed by atoms with Crippen LogP contribution in [0.25, 0.3) is 0 Å². The molecule has 0 aliphatic carbocycles. The minimum Gasteiger partial charge on any atom is -0.493 e. The van der Waals surface area contributed by atoms with Crippen LogP contribution >= 0.6 is 0 Å². The van der Waals surface area contributed by atoms with Crippen molar-refractivity contribution in [1.82, 2.24) is 9.97 Å². The van der Waals surface area contributed by atoms with Gasteiger partial charge in [-0.2, -0.15) is 4.98 Å². The molecule has 2 aromatic rings. The number of ether oxygens (including phenoxy) is 4. The first-order chi connectivity index (χ1) is 12.1. The molecule has 134 valence electrons. The van der Waals surface area contributed by atoms with Crippen molar-refractivity contribution in [2.45, 2.75) is 13.0 Å². The maximum absolute atomic E-state index is 5.96. The highest BCUT2D eigenvalue weighted by atomic mass is 16.5. The molecule has 2 heterocycles. The lowest BCUT2D eigenvalue weighted by molar-refractivity contribution is 0.0393. The van der Waals surface area contributed by atoms with Crippen LogP contribution in [-0.2, 0) is 4.74 Å². The highest BCUT2D eigenvalue weighted by Crippen LogP contribution is 2.33. The van der Waals surface area contributed by atoms with E-state index in [1.54, 1.807) is 21.3 Å². The zero-order valence-electron chi connectivity index (χ0n) is 15.0. The van der Waals surface area contributed by atoms with Gasteiger partial charge < -0.3 is 23.8 Å². The fourth-order valence-electron chi connectivity index (χ4n) is 2.89. The van der Waals surface area contributed by atoms with E-state index in [0.717, 1.165) is 23.6 Å². The molecule has 1 aromatic carbocycles. The summed E-state index contributed by atoms with van der Waals surface area (Å²) in [4.78, 5) is 10.9. The van der Waals surface area contributed by atoms with E-state index < -0.39 is 0 Å². The largest absolute Gasteiger partial charge is 0.493 e.